The molecular weight excluding hydrogens is 312 g/mol. The second-order valence-electron chi connectivity index (χ2n) is 6.26. The third kappa shape index (κ3) is 2.02. The summed E-state index contributed by atoms with van der Waals surface area (Å²) in [4.78, 5) is 25.5. The molecule has 0 aliphatic heterocycles. The summed E-state index contributed by atoms with van der Waals surface area (Å²) >= 11 is 0. The van der Waals surface area contributed by atoms with Crippen molar-refractivity contribution in [2.45, 2.75) is 20.3 Å². The molecule has 3 unspecified atom stereocenters. The number of carbonyl (C=O) groups is 2. The monoisotopic (exact) mass is 330 g/mol. The fraction of sp³-hybridized carbons (Fsp3) is 0.333. The molecule has 6 heteroatoms. The van der Waals surface area contributed by atoms with E-state index < -0.39 is 34.9 Å². The van der Waals surface area contributed by atoms with Crippen LogP contribution in [0.5, 0.6) is 11.5 Å². The second kappa shape index (κ2) is 5.40. The number of phenolic OH excluding ortho intramolecular Hbond substituents is 2. The molecule has 2 aliphatic carbocycles. The van der Waals surface area contributed by atoms with E-state index in [4.69, 9.17) is 0 Å². The van der Waals surface area contributed by atoms with Gasteiger partial charge in [-0.2, -0.15) is 0 Å². The Kier molecular flexibility index (Phi) is 3.63. The minimum atomic E-state index is -1.29. The lowest BCUT2D eigenvalue weighted by Crippen LogP contribution is -2.41. The Morgan fingerprint density at radius 3 is 1.96 bits per heavy atom. The van der Waals surface area contributed by atoms with Gasteiger partial charge in [0.05, 0.1) is 23.0 Å². The number of fused-ring (bicyclic) bond motifs is 2. The van der Waals surface area contributed by atoms with Gasteiger partial charge in [0.25, 0.3) is 0 Å². The molecule has 0 heterocycles. The average Bonchev–Trinajstić information content (AvgIpc) is 2.55. The molecule has 0 radical (unpaired) electrons. The first kappa shape index (κ1) is 16.1. The lowest BCUT2D eigenvalue weighted by molar-refractivity contribution is 0.0697. The van der Waals surface area contributed by atoms with Crippen LogP contribution in [-0.2, 0) is 0 Å². The summed E-state index contributed by atoms with van der Waals surface area (Å²) in [7, 11) is 0. The zero-order chi connectivity index (χ0) is 17.8. The van der Waals surface area contributed by atoms with Gasteiger partial charge in [-0.3, -0.25) is 9.59 Å². The Balaban J connectivity index is 2.26. The van der Waals surface area contributed by atoms with E-state index in [0.717, 1.165) is 12.1 Å². The van der Waals surface area contributed by atoms with Crippen LogP contribution in [0.3, 0.4) is 0 Å². The van der Waals surface area contributed by atoms with Crippen molar-refractivity contribution in [3.8, 4) is 11.5 Å². The van der Waals surface area contributed by atoms with Gasteiger partial charge < -0.3 is 20.4 Å². The van der Waals surface area contributed by atoms with Crippen LogP contribution in [0.1, 0.15) is 41.0 Å². The van der Waals surface area contributed by atoms with Crippen molar-refractivity contribution in [1.82, 2.24) is 0 Å². The zero-order valence-corrected chi connectivity index (χ0v) is 13.3. The van der Waals surface area contributed by atoms with Gasteiger partial charge in [0.1, 0.15) is 23.0 Å². The van der Waals surface area contributed by atoms with Crippen LogP contribution in [0.15, 0.2) is 35.3 Å². The first-order valence-electron chi connectivity index (χ1n) is 7.76. The average molecular weight is 330 g/mol. The van der Waals surface area contributed by atoms with Gasteiger partial charge in [-0.1, -0.05) is 13.8 Å². The largest absolute Gasteiger partial charge is 0.511 e. The number of ketones is 2. The van der Waals surface area contributed by atoms with Crippen molar-refractivity contribution in [3.05, 3.63) is 46.4 Å². The molecule has 0 amide bonds. The van der Waals surface area contributed by atoms with E-state index in [1.165, 1.54) is 6.08 Å². The fourth-order valence-corrected chi connectivity index (χ4v) is 3.40. The fourth-order valence-electron chi connectivity index (χ4n) is 3.40. The number of benzene rings is 1. The summed E-state index contributed by atoms with van der Waals surface area (Å²) in [5, 5.41) is 40.8. The summed E-state index contributed by atoms with van der Waals surface area (Å²) in [5.41, 5.74) is -0.229. The first-order chi connectivity index (χ1) is 11.3. The number of hydrogen-bond acceptors (Lipinski definition) is 6. The molecule has 0 fully saturated rings. The predicted octanol–water partition coefficient (Wildman–Crippen LogP) is 3.02. The highest BCUT2D eigenvalue weighted by Crippen LogP contribution is 2.46. The summed E-state index contributed by atoms with van der Waals surface area (Å²) in [6.45, 7) is 3.73. The number of carbonyl (C=O) groups excluding carboxylic acids is 2. The molecule has 0 saturated heterocycles. The van der Waals surface area contributed by atoms with E-state index in [1.807, 2.05) is 13.8 Å². The van der Waals surface area contributed by atoms with Crippen molar-refractivity contribution < 1.29 is 30.0 Å². The van der Waals surface area contributed by atoms with Gasteiger partial charge in [0, 0.05) is 0 Å². The number of phenols is 2. The summed E-state index contributed by atoms with van der Waals surface area (Å²) in [6, 6.07) is 2.23. The number of allylic oxidation sites excluding steroid dienone is 4. The van der Waals surface area contributed by atoms with Crippen LogP contribution < -0.4 is 0 Å². The summed E-state index contributed by atoms with van der Waals surface area (Å²) in [5.74, 6) is -5.55. The van der Waals surface area contributed by atoms with Crippen LogP contribution in [0, 0.1) is 17.8 Å². The van der Waals surface area contributed by atoms with Crippen molar-refractivity contribution in [3.63, 3.8) is 0 Å². The number of aliphatic hydroxyl groups excluding tert-OH is 2. The predicted molar refractivity (Wildman–Crippen MR) is 85.2 cm³/mol. The molecule has 0 saturated carbocycles. The van der Waals surface area contributed by atoms with Crippen LogP contribution in [0.2, 0.25) is 0 Å². The number of Topliss-reactive ketones (excluding diaryl/α,β-unsaturated/α-hetero) is 2. The number of aromatic hydroxyl groups is 2. The zero-order valence-electron chi connectivity index (χ0n) is 13.3. The SMILES string of the molecule is CCC(C)C1=C(O)C2C(=O)c3c(O)ccc(O)c3C(=O)C2C(O)=C1. The van der Waals surface area contributed by atoms with Crippen LogP contribution in [0.4, 0.5) is 0 Å². The van der Waals surface area contributed by atoms with E-state index in [-0.39, 0.29) is 28.6 Å². The van der Waals surface area contributed by atoms with Crippen LogP contribution in [0.25, 0.3) is 0 Å². The molecule has 1 aromatic carbocycles. The van der Waals surface area contributed by atoms with Crippen molar-refractivity contribution in [2.24, 2.45) is 17.8 Å². The summed E-state index contributed by atoms with van der Waals surface area (Å²) < 4.78 is 0. The topological polar surface area (TPSA) is 115 Å². The number of rotatable bonds is 2. The number of hydrogen-bond donors (Lipinski definition) is 4. The number of aliphatic hydroxyl groups is 2. The van der Waals surface area contributed by atoms with Crippen molar-refractivity contribution in [2.75, 3.05) is 0 Å². The lowest BCUT2D eigenvalue weighted by atomic mass is 9.68. The highest BCUT2D eigenvalue weighted by Gasteiger charge is 2.50. The first-order valence-corrected chi connectivity index (χ1v) is 7.76. The highest BCUT2D eigenvalue weighted by molar-refractivity contribution is 6.20. The Morgan fingerprint density at radius 1 is 0.958 bits per heavy atom. The van der Waals surface area contributed by atoms with Gasteiger partial charge in [0.2, 0.25) is 0 Å². The van der Waals surface area contributed by atoms with E-state index in [9.17, 15) is 30.0 Å². The molecule has 1 aromatic rings. The third-order valence-electron chi connectivity index (χ3n) is 4.91. The van der Waals surface area contributed by atoms with Gasteiger partial charge in [-0.25, -0.2) is 0 Å². The quantitative estimate of drug-likeness (QED) is 0.620. The Hall–Kier alpha value is -2.76. The molecule has 24 heavy (non-hydrogen) atoms. The minimum absolute atomic E-state index is 0.116. The molecule has 4 N–H and O–H groups in total. The maximum absolute atomic E-state index is 12.8. The Morgan fingerprint density at radius 2 is 1.46 bits per heavy atom. The lowest BCUT2D eigenvalue weighted by Gasteiger charge is -2.34. The molecule has 126 valence electrons. The van der Waals surface area contributed by atoms with E-state index in [0.29, 0.717) is 12.0 Å². The molecule has 3 atom stereocenters. The van der Waals surface area contributed by atoms with E-state index >= 15 is 0 Å². The highest BCUT2D eigenvalue weighted by atomic mass is 16.3. The minimum Gasteiger partial charge on any atom is -0.511 e. The maximum atomic E-state index is 12.8. The Bertz CT molecular complexity index is 817. The second-order valence-corrected chi connectivity index (χ2v) is 6.26. The maximum Gasteiger partial charge on any atom is 0.179 e. The molecule has 2 aliphatic rings. The van der Waals surface area contributed by atoms with E-state index in [1.54, 1.807) is 0 Å². The van der Waals surface area contributed by atoms with Crippen LogP contribution >= 0.6 is 0 Å². The van der Waals surface area contributed by atoms with Gasteiger partial charge in [-0.15, -0.1) is 0 Å². The third-order valence-corrected chi connectivity index (χ3v) is 4.91. The van der Waals surface area contributed by atoms with Crippen LogP contribution in [-0.4, -0.2) is 32.0 Å². The van der Waals surface area contributed by atoms with Crippen molar-refractivity contribution >= 4 is 11.6 Å². The van der Waals surface area contributed by atoms with Gasteiger partial charge in [-0.05, 0) is 36.1 Å². The standard InChI is InChI=1S/C18H18O6/c1-3-7(2)8-6-11(21)14-15(16(8)22)18(24)13-10(20)5-4-9(19)12(13)17(14)23/h4-7,14-15,19-22H,3H2,1-2H3. The molecule has 6 nitrogen and oxygen atoms in total. The molecular formula is C18H18O6. The normalized spacial score (nSPS) is 24.3. The van der Waals surface area contributed by atoms with Gasteiger partial charge in [0.15, 0.2) is 11.6 Å². The smallest absolute Gasteiger partial charge is 0.179 e. The van der Waals surface area contributed by atoms with Crippen molar-refractivity contribution in [1.29, 1.82) is 0 Å². The molecule has 0 aromatic heterocycles. The van der Waals surface area contributed by atoms with Gasteiger partial charge >= 0.3 is 0 Å². The molecule has 3 rings (SSSR count). The Labute approximate surface area is 138 Å². The molecule has 0 spiro atoms. The molecule has 0 bridgehead atoms. The summed E-state index contributed by atoms with van der Waals surface area (Å²) in [6.07, 6.45) is 1.99. The van der Waals surface area contributed by atoms with E-state index in [2.05, 4.69) is 0 Å².